The van der Waals surface area contributed by atoms with Gasteiger partial charge in [-0.25, -0.2) is 19.2 Å². The van der Waals surface area contributed by atoms with Crippen LogP contribution in [0.3, 0.4) is 0 Å². The summed E-state index contributed by atoms with van der Waals surface area (Å²) < 4.78 is 144. The van der Waals surface area contributed by atoms with E-state index < -0.39 is 121 Å². The Kier molecular flexibility index (Phi) is 32.9. The number of imide groups is 2. The Morgan fingerprint density at radius 2 is 0.574 bits per heavy atom. The zero-order valence-electron chi connectivity index (χ0n) is 73.1. The predicted octanol–water partition coefficient (Wildman–Crippen LogP) is 16.0. The maximum Gasteiger partial charge on any atom is 0.391 e. The average Bonchev–Trinajstić information content (AvgIpc) is 0.669. The van der Waals surface area contributed by atoms with Gasteiger partial charge in [0, 0.05) is 116 Å². The van der Waals surface area contributed by atoms with E-state index in [-0.39, 0.29) is 249 Å². The first-order chi connectivity index (χ1) is 62.0. The number of carbonyl (C=O) groups is 10. The minimum atomic E-state index is -5.32. The van der Waals surface area contributed by atoms with E-state index in [0.29, 0.717) is 12.8 Å². The summed E-state index contributed by atoms with van der Waals surface area (Å²) >= 11 is 0. The fourth-order valence-electron chi connectivity index (χ4n) is 14.5. The Hall–Kier alpha value is -13.6. The number of halogens is 3. The largest absolute Gasteiger partial charge is 0.497 e. The lowest BCUT2D eigenvalue weighted by Crippen LogP contribution is -2.56. The molecule has 0 radical (unpaired) electrons. The average molecular weight is 1780 g/mol. The van der Waals surface area contributed by atoms with Crippen molar-refractivity contribution in [2.24, 2.45) is 0 Å². The summed E-state index contributed by atoms with van der Waals surface area (Å²) in [5, 5.41) is -0.669. The third-order valence-electron chi connectivity index (χ3n) is 21.4. The molecule has 0 saturated carbocycles. The minimum absolute atomic E-state index is 0.00611. The number of esters is 4. The molecule has 682 valence electrons. The molecule has 2 unspecified atom stereocenters. The topological polar surface area (TPSA) is 331 Å². The summed E-state index contributed by atoms with van der Waals surface area (Å²) in [6, 6.07) is 25.8. The molecule has 11 rings (SSSR count). The van der Waals surface area contributed by atoms with Gasteiger partial charge in [0.15, 0.2) is 0 Å². The zero-order chi connectivity index (χ0) is 92.9. The molecule has 0 saturated heterocycles. The number of alkyl halides is 3. The molecular formula is C96H101F3N4O26. The summed E-state index contributed by atoms with van der Waals surface area (Å²) in [7, 11) is 5.62. The Labute approximate surface area is 742 Å². The van der Waals surface area contributed by atoms with E-state index in [1.807, 2.05) is 0 Å². The molecule has 129 heavy (non-hydrogen) atoms. The van der Waals surface area contributed by atoms with Gasteiger partial charge < -0.3 is 85.6 Å². The normalized spacial score (nSPS) is 12.8. The van der Waals surface area contributed by atoms with Crippen molar-refractivity contribution < 1.29 is 137 Å². The lowest BCUT2D eigenvalue weighted by atomic mass is 9.80. The number of hydrogen-bond donors (Lipinski definition) is 0. The van der Waals surface area contributed by atoms with Crippen molar-refractivity contribution in [2.45, 2.75) is 91.4 Å². The van der Waals surface area contributed by atoms with Crippen LogP contribution in [-0.4, -0.2) is 231 Å². The molecule has 0 bridgehead atoms. The highest BCUT2D eigenvalue weighted by Gasteiger charge is 2.50. The van der Waals surface area contributed by atoms with Crippen LogP contribution >= 0.6 is 0 Å². The van der Waals surface area contributed by atoms with E-state index in [0.717, 1.165) is 9.80 Å². The van der Waals surface area contributed by atoms with Gasteiger partial charge in [-0.2, -0.15) is 13.2 Å². The van der Waals surface area contributed by atoms with Crippen molar-refractivity contribution in [1.29, 1.82) is 0 Å². The predicted molar refractivity (Wildman–Crippen MR) is 467 cm³/mol. The number of nitrogens with zero attached hydrogens (tertiary/aromatic N) is 4. The van der Waals surface area contributed by atoms with Gasteiger partial charge >= 0.3 is 30.1 Å². The molecule has 33 heteroatoms. The Morgan fingerprint density at radius 1 is 0.333 bits per heavy atom. The third kappa shape index (κ3) is 22.5. The number of rotatable bonds is 50. The number of methoxy groups -OCH3 is 4. The third-order valence-corrected chi connectivity index (χ3v) is 21.4. The van der Waals surface area contributed by atoms with E-state index in [1.165, 1.54) is 94.0 Å². The second kappa shape index (κ2) is 44.2. The summed E-state index contributed by atoms with van der Waals surface area (Å²) in [6.45, 7) is 19.2. The first kappa shape index (κ1) is 96.0. The highest BCUT2D eigenvalue weighted by atomic mass is 19.4. The van der Waals surface area contributed by atoms with Crippen molar-refractivity contribution in [2.75, 3.05) is 134 Å². The van der Waals surface area contributed by atoms with E-state index in [9.17, 15) is 19.2 Å². The van der Waals surface area contributed by atoms with E-state index >= 15 is 41.9 Å². The van der Waals surface area contributed by atoms with Gasteiger partial charge in [0.25, 0.3) is 23.6 Å². The quantitative estimate of drug-likeness (QED) is 0.00650. The summed E-state index contributed by atoms with van der Waals surface area (Å²) in [6.07, 6.45) is -6.37. The Balaban J connectivity index is 1.17. The van der Waals surface area contributed by atoms with E-state index in [1.54, 1.807) is 95.3 Å². The molecule has 6 amide bonds. The molecule has 0 aromatic heterocycles. The molecule has 0 spiro atoms. The highest BCUT2D eigenvalue weighted by Crippen LogP contribution is 2.59. The molecule has 9 aromatic carbocycles. The van der Waals surface area contributed by atoms with Crippen LogP contribution in [0.4, 0.5) is 13.2 Å². The maximum atomic E-state index is 16.6. The SMILES string of the molecule is C=C(CC)C(=O)OCCOCCN(CCOCCOC(=O)C(=C)CC)C(=O)C(CC)N1C(=O)c2cc(Oc3cccc(OC)c3)c3c4c(Oc5cccc(OC)c5)cc5c6c(cc(Oc7cccc(OC)c7)c(c7c(Oc8cccc(OC)c8)cc(c2c37)C1=O)c64)C(=O)N(C(CC(F)(F)F)C(=O)N(CCOCCOC(=O)C(=C)CC)CCOCCOC(=O)C(=C)CC)C5=O. The van der Waals surface area contributed by atoms with E-state index in [2.05, 4.69) is 26.3 Å². The Morgan fingerprint density at radius 3 is 0.806 bits per heavy atom. The van der Waals surface area contributed by atoms with Crippen LogP contribution in [0.1, 0.15) is 115 Å². The molecular weight excluding hydrogens is 1680 g/mol. The number of ether oxygens (including phenoxy) is 16. The lowest BCUT2D eigenvalue weighted by molar-refractivity contribution is -0.159. The standard InChI is InChI=1S/C96H101F3N4O26/c1-14-56(6)92(110)122-43-39-118-35-31-100(32-36-119-40-44-123-93(111)57(7)15-2)90(108)72(18-5)102-86(104)68-51-74(126-64-27-19-23-60(47-64)114-10)80-82-76(128-66-29-21-25-62(49-66)116-12)53-70-79-71(54-77(129-67-30-22-26-63(50-67)117-13)83(85(79)82)81-75(52-69(87(102)105)78(68)84(80)81)127-65-28-20-24-61(48-65)115-11)89(107)103(88(70)106)73(55-96(97,98)99)91(109)101(33-37-120-41-45-124-94(112)58(8)16-3)34-38-121-42-46-125-95(113)59(9)17-4/h19-30,47-54,72-73H,6-9,14-18,31-46,55H2,1-5,10-13H3. The van der Waals surface area contributed by atoms with Crippen LogP contribution in [0, 0.1) is 0 Å². The fourth-order valence-corrected chi connectivity index (χ4v) is 14.5. The second-order valence-corrected chi connectivity index (χ2v) is 29.5. The molecule has 0 N–H and O–H groups in total. The number of benzene rings is 9. The monoisotopic (exact) mass is 1780 g/mol. The number of hydrogen-bond acceptors (Lipinski definition) is 26. The van der Waals surface area contributed by atoms with Crippen molar-refractivity contribution in [1.82, 2.24) is 19.6 Å². The van der Waals surface area contributed by atoms with Crippen molar-refractivity contribution in [3.63, 3.8) is 0 Å². The van der Waals surface area contributed by atoms with Crippen LogP contribution in [-0.2, 0) is 66.7 Å². The molecule has 2 aliphatic rings. The Bertz CT molecular complexity index is 5460. The van der Waals surface area contributed by atoms with Crippen LogP contribution in [0.25, 0.3) is 43.1 Å². The molecule has 9 aromatic rings. The fraction of sp³-hybridized carbons (Fsp3) is 0.354. The van der Waals surface area contributed by atoms with Gasteiger partial charge in [-0.15, -0.1) is 0 Å². The molecule has 2 aliphatic heterocycles. The first-order valence-electron chi connectivity index (χ1n) is 41.8. The van der Waals surface area contributed by atoms with Crippen LogP contribution < -0.4 is 37.9 Å². The van der Waals surface area contributed by atoms with Crippen LogP contribution in [0.15, 0.2) is 170 Å². The van der Waals surface area contributed by atoms with Crippen molar-refractivity contribution in [3.05, 3.63) is 192 Å². The van der Waals surface area contributed by atoms with Gasteiger partial charge in [-0.1, -0.05) is 85.2 Å². The second-order valence-electron chi connectivity index (χ2n) is 29.5. The van der Waals surface area contributed by atoms with Crippen LogP contribution in [0.2, 0.25) is 0 Å². The number of carbonyl (C=O) groups excluding carboxylic acids is 10. The van der Waals surface area contributed by atoms with Gasteiger partial charge in [0.2, 0.25) is 11.8 Å². The summed E-state index contributed by atoms with van der Waals surface area (Å²) in [5.74, 6) is -9.60. The summed E-state index contributed by atoms with van der Waals surface area (Å²) in [5.41, 5.74) is -0.678. The highest BCUT2D eigenvalue weighted by molar-refractivity contribution is 6.45. The van der Waals surface area contributed by atoms with Crippen molar-refractivity contribution >= 4 is 102 Å². The van der Waals surface area contributed by atoms with Gasteiger partial charge in [0.05, 0.1) is 110 Å². The smallest absolute Gasteiger partial charge is 0.391 e. The molecule has 0 fully saturated rings. The molecule has 0 aliphatic carbocycles. The van der Waals surface area contributed by atoms with Gasteiger partial charge in [-0.05, 0) is 105 Å². The molecule has 2 atom stereocenters. The molecule has 30 nitrogen and oxygen atoms in total. The van der Waals surface area contributed by atoms with Crippen LogP contribution in [0.5, 0.6) is 69.0 Å². The van der Waals surface area contributed by atoms with Crippen molar-refractivity contribution in [3.8, 4) is 69.0 Å². The molecule has 2 heterocycles. The van der Waals surface area contributed by atoms with Gasteiger partial charge in [-0.3, -0.25) is 38.6 Å². The maximum absolute atomic E-state index is 16.6. The number of amides is 6. The first-order valence-corrected chi connectivity index (χ1v) is 41.8. The zero-order valence-corrected chi connectivity index (χ0v) is 73.1. The lowest BCUT2D eigenvalue weighted by Gasteiger charge is -2.37. The minimum Gasteiger partial charge on any atom is -0.497 e. The summed E-state index contributed by atoms with van der Waals surface area (Å²) in [4.78, 5) is 151. The van der Waals surface area contributed by atoms with E-state index in [4.69, 9.17) is 75.8 Å². The number of fused-ring (bicyclic) bond motifs is 2. The van der Waals surface area contributed by atoms with Gasteiger partial charge in [0.1, 0.15) is 108 Å².